The van der Waals surface area contributed by atoms with Gasteiger partial charge in [0.15, 0.2) is 0 Å². The average molecular weight is 279 g/mol. The molecular formula is C13H17N3O2S. The van der Waals surface area contributed by atoms with Gasteiger partial charge in [-0.15, -0.1) is 11.3 Å². The number of hydrogen-bond acceptors (Lipinski definition) is 4. The molecular weight excluding hydrogens is 262 g/mol. The van der Waals surface area contributed by atoms with E-state index in [1.54, 1.807) is 11.0 Å². The number of piperazine rings is 1. The summed E-state index contributed by atoms with van der Waals surface area (Å²) in [6, 6.07) is 1.75. The number of nitrogens with zero attached hydrogens (tertiary/aromatic N) is 2. The third kappa shape index (κ3) is 2.45. The zero-order chi connectivity index (χ0) is 13.4. The molecule has 2 heterocycles. The van der Waals surface area contributed by atoms with Gasteiger partial charge in [0.25, 0.3) is 5.91 Å². The van der Waals surface area contributed by atoms with Crippen molar-refractivity contribution in [1.82, 2.24) is 9.80 Å². The van der Waals surface area contributed by atoms with E-state index in [1.165, 1.54) is 11.3 Å². The van der Waals surface area contributed by atoms with E-state index in [0.717, 1.165) is 12.8 Å². The maximum atomic E-state index is 12.3. The summed E-state index contributed by atoms with van der Waals surface area (Å²) in [5.41, 5.74) is 6.32. The minimum absolute atomic E-state index is 0.00831. The molecule has 1 saturated carbocycles. The molecule has 19 heavy (non-hydrogen) atoms. The van der Waals surface area contributed by atoms with Gasteiger partial charge >= 0.3 is 0 Å². The molecule has 102 valence electrons. The minimum atomic E-state index is -0.00831. The molecule has 1 aliphatic carbocycles. The molecule has 0 aromatic carbocycles. The molecule has 1 aliphatic heterocycles. The van der Waals surface area contributed by atoms with Gasteiger partial charge in [0.2, 0.25) is 5.91 Å². The van der Waals surface area contributed by atoms with Gasteiger partial charge in [-0.2, -0.15) is 0 Å². The second kappa shape index (κ2) is 4.85. The third-order valence-electron chi connectivity index (χ3n) is 3.70. The zero-order valence-electron chi connectivity index (χ0n) is 10.7. The molecule has 2 fully saturated rings. The van der Waals surface area contributed by atoms with Crippen LogP contribution in [0.3, 0.4) is 0 Å². The molecule has 3 rings (SSSR count). The van der Waals surface area contributed by atoms with Gasteiger partial charge in [-0.1, -0.05) is 0 Å². The normalized spacial score (nSPS) is 19.6. The summed E-state index contributed by atoms with van der Waals surface area (Å²) in [5, 5.41) is 1.83. The number of nitrogens with two attached hydrogens (primary N) is 1. The van der Waals surface area contributed by atoms with Crippen molar-refractivity contribution in [2.45, 2.75) is 12.8 Å². The predicted molar refractivity (Wildman–Crippen MR) is 73.9 cm³/mol. The Bertz CT molecular complexity index is 502. The molecule has 0 radical (unpaired) electrons. The van der Waals surface area contributed by atoms with Gasteiger partial charge < -0.3 is 15.5 Å². The summed E-state index contributed by atoms with van der Waals surface area (Å²) in [7, 11) is 0. The Kier molecular flexibility index (Phi) is 3.18. The van der Waals surface area contributed by atoms with Crippen molar-refractivity contribution in [2.75, 3.05) is 31.9 Å². The Morgan fingerprint density at radius 2 is 1.79 bits per heavy atom. The van der Waals surface area contributed by atoms with Gasteiger partial charge in [-0.05, 0) is 24.3 Å². The lowest BCUT2D eigenvalue weighted by atomic mass is 10.2. The second-order valence-electron chi connectivity index (χ2n) is 5.10. The Labute approximate surface area is 116 Å². The number of carbonyl (C=O) groups excluding carboxylic acids is 2. The van der Waals surface area contributed by atoms with Gasteiger partial charge in [0.1, 0.15) is 4.88 Å². The van der Waals surface area contributed by atoms with Gasteiger partial charge in [0.05, 0.1) is 5.69 Å². The van der Waals surface area contributed by atoms with Crippen molar-refractivity contribution < 1.29 is 9.59 Å². The fraction of sp³-hybridized carbons (Fsp3) is 0.538. The van der Waals surface area contributed by atoms with Crippen molar-refractivity contribution in [1.29, 1.82) is 0 Å². The van der Waals surface area contributed by atoms with E-state index in [2.05, 4.69) is 0 Å². The first-order valence-electron chi connectivity index (χ1n) is 6.58. The first-order chi connectivity index (χ1) is 9.16. The zero-order valence-corrected chi connectivity index (χ0v) is 11.5. The molecule has 5 nitrogen and oxygen atoms in total. The monoisotopic (exact) mass is 279 g/mol. The quantitative estimate of drug-likeness (QED) is 0.879. The van der Waals surface area contributed by atoms with Gasteiger partial charge in [-0.3, -0.25) is 9.59 Å². The molecule has 1 saturated heterocycles. The summed E-state index contributed by atoms with van der Waals surface area (Å²) < 4.78 is 0. The van der Waals surface area contributed by atoms with Crippen LogP contribution in [0.1, 0.15) is 22.5 Å². The van der Waals surface area contributed by atoms with Crippen LogP contribution in [0.5, 0.6) is 0 Å². The maximum absolute atomic E-state index is 12.3. The standard InChI is InChI=1S/C13H17N3O2S/c14-10-3-8-19-11(10)13(18)16-6-4-15(5-7-16)12(17)9-1-2-9/h3,8-9H,1-2,4-7,14H2. The second-order valence-corrected chi connectivity index (χ2v) is 6.01. The van der Waals surface area contributed by atoms with E-state index in [9.17, 15) is 9.59 Å². The Balaban J connectivity index is 1.59. The van der Waals surface area contributed by atoms with E-state index in [-0.39, 0.29) is 17.7 Å². The van der Waals surface area contributed by atoms with Crippen LogP contribution >= 0.6 is 11.3 Å². The van der Waals surface area contributed by atoms with Gasteiger partial charge in [0, 0.05) is 32.1 Å². The topological polar surface area (TPSA) is 66.6 Å². The maximum Gasteiger partial charge on any atom is 0.266 e. The minimum Gasteiger partial charge on any atom is -0.397 e. The fourth-order valence-corrected chi connectivity index (χ4v) is 3.14. The summed E-state index contributed by atoms with van der Waals surface area (Å²) in [6.45, 7) is 2.50. The van der Waals surface area contributed by atoms with Crippen molar-refractivity contribution in [3.8, 4) is 0 Å². The Hall–Kier alpha value is -1.56. The summed E-state index contributed by atoms with van der Waals surface area (Å²) >= 11 is 1.38. The number of amides is 2. The number of hydrogen-bond donors (Lipinski definition) is 1. The van der Waals surface area contributed by atoms with Crippen LogP contribution in [0.15, 0.2) is 11.4 Å². The number of rotatable bonds is 2. The SMILES string of the molecule is Nc1ccsc1C(=O)N1CCN(C(=O)C2CC2)CC1. The molecule has 0 atom stereocenters. The molecule has 1 aromatic rings. The Morgan fingerprint density at radius 3 is 2.32 bits per heavy atom. The van der Waals surface area contributed by atoms with Crippen molar-refractivity contribution >= 4 is 28.8 Å². The summed E-state index contributed by atoms with van der Waals surface area (Å²) in [5.74, 6) is 0.518. The van der Waals surface area contributed by atoms with Crippen LogP contribution < -0.4 is 5.73 Å². The molecule has 2 amide bonds. The molecule has 2 aliphatic rings. The summed E-state index contributed by atoms with van der Waals surface area (Å²) in [4.78, 5) is 28.5. The van der Waals surface area contributed by atoms with Crippen LogP contribution in [0.4, 0.5) is 5.69 Å². The van der Waals surface area contributed by atoms with E-state index in [0.29, 0.717) is 36.7 Å². The van der Waals surface area contributed by atoms with Crippen LogP contribution in [0.25, 0.3) is 0 Å². The van der Waals surface area contributed by atoms with Crippen LogP contribution in [0, 0.1) is 5.92 Å². The van der Waals surface area contributed by atoms with Crippen LogP contribution in [-0.4, -0.2) is 47.8 Å². The number of anilines is 1. The smallest absolute Gasteiger partial charge is 0.266 e. The molecule has 0 spiro atoms. The van der Waals surface area contributed by atoms with Crippen LogP contribution in [0.2, 0.25) is 0 Å². The van der Waals surface area contributed by atoms with Crippen molar-refractivity contribution in [3.05, 3.63) is 16.3 Å². The molecule has 2 N–H and O–H groups in total. The number of carbonyl (C=O) groups is 2. The predicted octanol–water partition coefficient (Wildman–Crippen LogP) is 1.02. The number of thiophene rings is 1. The van der Waals surface area contributed by atoms with Crippen molar-refractivity contribution in [3.63, 3.8) is 0 Å². The lowest BCUT2D eigenvalue weighted by Gasteiger charge is -2.34. The van der Waals surface area contributed by atoms with E-state index in [1.807, 2.05) is 10.3 Å². The Morgan fingerprint density at radius 1 is 1.16 bits per heavy atom. The molecule has 6 heteroatoms. The molecule has 1 aromatic heterocycles. The van der Waals surface area contributed by atoms with Crippen molar-refractivity contribution in [2.24, 2.45) is 5.92 Å². The first-order valence-corrected chi connectivity index (χ1v) is 7.46. The molecule has 0 unspecified atom stereocenters. The highest BCUT2D eigenvalue weighted by Gasteiger charge is 2.35. The van der Waals surface area contributed by atoms with E-state index in [4.69, 9.17) is 5.73 Å². The first kappa shape index (κ1) is 12.5. The fourth-order valence-electron chi connectivity index (χ4n) is 2.35. The largest absolute Gasteiger partial charge is 0.397 e. The van der Waals surface area contributed by atoms with E-state index >= 15 is 0 Å². The van der Waals surface area contributed by atoms with Gasteiger partial charge in [-0.25, -0.2) is 0 Å². The van der Waals surface area contributed by atoms with Crippen LogP contribution in [-0.2, 0) is 4.79 Å². The lowest BCUT2D eigenvalue weighted by molar-refractivity contribution is -0.134. The summed E-state index contributed by atoms with van der Waals surface area (Å²) in [6.07, 6.45) is 2.06. The van der Waals surface area contributed by atoms with E-state index < -0.39 is 0 Å². The average Bonchev–Trinajstić information content (AvgIpc) is 3.20. The lowest BCUT2D eigenvalue weighted by Crippen LogP contribution is -2.51. The highest BCUT2D eigenvalue weighted by Crippen LogP contribution is 2.31. The molecule has 0 bridgehead atoms. The number of nitrogen functional groups attached to an aromatic ring is 1. The highest BCUT2D eigenvalue weighted by atomic mass is 32.1. The highest BCUT2D eigenvalue weighted by molar-refractivity contribution is 7.12. The third-order valence-corrected chi connectivity index (χ3v) is 4.61.